The number of aromatic nitrogens is 5. The van der Waals surface area contributed by atoms with E-state index in [9.17, 15) is 0 Å². The summed E-state index contributed by atoms with van der Waals surface area (Å²) in [6.07, 6.45) is 11.8. The van der Waals surface area contributed by atoms with Crippen LogP contribution in [-0.2, 0) is 41.7 Å². The number of benzene rings is 15. The average molecular weight is 1790 g/mol. The molecule has 25 aromatic rings. The van der Waals surface area contributed by atoms with Gasteiger partial charge in [0.1, 0.15) is 91.1 Å². The van der Waals surface area contributed by atoms with E-state index >= 15 is 0 Å². The Balaban J connectivity index is 0.000000102. The summed E-state index contributed by atoms with van der Waals surface area (Å²) in [4.78, 5) is 0. The lowest BCUT2D eigenvalue weighted by atomic mass is 9.95. The van der Waals surface area contributed by atoms with Crippen LogP contribution in [0.2, 0.25) is 0 Å². The molecule has 10 heterocycles. The summed E-state index contributed by atoms with van der Waals surface area (Å²) < 4.78 is 43.9. The van der Waals surface area contributed by atoms with Gasteiger partial charge in [-0.3, -0.25) is 0 Å². The van der Waals surface area contributed by atoms with Crippen LogP contribution in [0.25, 0.3) is 220 Å². The summed E-state index contributed by atoms with van der Waals surface area (Å²) in [5, 5.41) is 23.9. The highest BCUT2D eigenvalue weighted by Gasteiger charge is 2.31. The first-order valence-electron chi connectivity index (χ1n) is 47.8. The first kappa shape index (κ1) is 88.0. The third-order valence-corrected chi connectivity index (χ3v) is 28.4. The van der Waals surface area contributed by atoms with E-state index in [0.717, 1.165) is 62.3 Å². The molecule has 10 heteroatoms. The molecule has 0 saturated heterocycles. The summed E-state index contributed by atoms with van der Waals surface area (Å²) in [7, 11) is 10.5. The van der Waals surface area contributed by atoms with Crippen LogP contribution in [0, 0.1) is 95.9 Å². The lowest BCUT2D eigenvalue weighted by Crippen LogP contribution is -2.31. The standard InChI is InChI=1S/C27H26NO.C26H24NO.2C25H22NO.C24H20NO/c1-17(2)15-19-13-14-28(4)24(16-19)25-18(3)9-11-23-22-12-10-20-7-5-6-8-21(20)26(22)29-27(23)25;1-15-13-22(27(5)14-18(15)4)24-17(3)12-16(2)23-21-11-10-19-8-6-7-9-20(19)25(21)28-26(23)24;1-15-9-12-21(26(4)14-15)23-17(3)13-16(2)22-20-11-10-18-7-5-6-8-19(18)24(20)27-25(22)23;1-15-11-12-26(4)21(13-15)23-17(3)14-16(2)22-20-10-9-18-7-5-6-8-19(18)24(20)27-25(22)23;1-15-14-16(2)22(20-10-6-7-13-25(20)3)24-21(15)19-12-11-17-8-4-5-9-18(17)23(19)26-24/h5-14,16-17H,15H2,1-4H3;6-14H,1-5H3;2*5-14H,1-4H3;4-14H,1-3H3/q5*+1. The van der Waals surface area contributed by atoms with Gasteiger partial charge in [-0.15, -0.1) is 0 Å². The number of furan rings is 5. The number of nitrogens with zero attached hydrogens (tertiary/aromatic N) is 5. The molecule has 672 valence electrons. The molecule has 0 fully saturated rings. The van der Waals surface area contributed by atoms with Gasteiger partial charge in [-0.1, -0.05) is 202 Å². The number of aryl methyl sites for hydroxylation is 18. The van der Waals surface area contributed by atoms with Gasteiger partial charge in [-0.2, -0.15) is 0 Å². The topological polar surface area (TPSA) is 85.1 Å². The molecule has 0 aliphatic carbocycles. The van der Waals surface area contributed by atoms with Crippen LogP contribution in [-0.4, -0.2) is 0 Å². The molecule has 25 rings (SSSR count). The highest BCUT2D eigenvalue weighted by Crippen LogP contribution is 2.48. The van der Waals surface area contributed by atoms with Gasteiger partial charge in [-0.25, -0.2) is 22.8 Å². The van der Waals surface area contributed by atoms with E-state index in [1.165, 1.54) is 242 Å². The lowest BCUT2D eigenvalue weighted by Gasteiger charge is -2.09. The van der Waals surface area contributed by atoms with Crippen molar-refractivity contribution in [3.8, 4) is 56.3 Å². The molecule has 0 aliphatic rings. The molecule has 10 nitrogen and oxygen atoms in total. The quantitative estimate of drug-likeness (QED) is 0.148. The Labute approximate surface area is 798 Å². The number of hydrogen-bond acceptors (Lipinski definition) is 5. The minimum Gasteiger partial charge on any atom is -0.454 e. The van der Waals surface area contributed by atoms with Crippen molar-refractivity contribution in [2.45, 2.75) is 110 Å². The zero-order valence-electron chi connectivity index (χ0n) is 82.0. The molecule has 0 amide bonds. The zero-order valence-corrected chi connectivity index (χ0v) is 82.0. The van der Waals surface area contributed by atoms with E-state index in [0.29, 0.717) is 5.92 Å². The van der Waals surface area contributed by atoms with E-state index in [2.05, 4.69) is 472 Å². The fraction of sp³-hybridized carbons (Fsp3) is 0.173. The van der Waals surface area contributed by atoms with Crippen LogP contribution < -0.4 is 22.8 Å². The predicted octanol–water partition coefficient (Wildman–Crippen LogP) is 31.4. The molecule has 0 N–H and O–H groups in total. The Hall–Kier alpha value is -15.7. The van der Waals surface area contributed by atoms with Crippen molar-refractivity contribution in [3.05, 3.63) is 388 Å². The molecule has 0 spiro atoms. The molecular weight excluding hydrogens is 1680 g/mol. The van der Waals surface area contributed by atoms with Crippen LogP contribution in [0.4, 0.5) is 0 Å². The second-order valence-corrected chi connectivity index (χ2v) is 38.7. The minimum absolute atomic E-state index is 0.630. The smallest absolute Gasteiger partial charge is 0.216 e. The molecule has 0 unspecified atom stereocenters. The van der Waals surface area contributed by atoms with Gasteiger partial charge in [0.05, 0.1) is 27.8 Å². The number of pyridine rings is 5. The Morgan fingerprint density at radius 1 is 0.204 bits per heavy atom. The van der Waals surface area contributed by atoms with Crippen molar-refractivity contribution in [2.24, 2.45) is 41.2 Å². The SMILES string of the molecule is Cc1cc(-c2c(C)cc(C)c3c2oc2c4ccccc4ccc23)[n+](C)cc1C.Cc1cc(C)c2c(oc3c4ccccc4ccc32)c1-c1cccc[n+]1C.Cc1cc[n+](C)c(-c2c(C)cc(C)c3c2oc2c4ccccc4ccc23)c1.Cc1ccc(-c2c(C)cc(C)c3c2oc2c4ccccc4ccc23)[n+](C)c1.Cc1ccc2c(oc3c4ccccc4ccc23)c1-c1cc(CC(C)C)cc[n+]1C. The molecule has 0 saturated carbocycles. The summed E-state index contributed by atoms with van der Waals surface area (Å²) in [5.41, 5.74) is 39.3. The highest BCUT2D eigenvalue weighted by molar-refractivity contribution is 6.23. The summed E-state index contributed by atoms with van der Waals surface area (Å²) >= 11 is 0. The van der Waals surface area contributed by atoms with Crippen LogP contribution >= 0.6 is 0 Å². The van der Waals surface area contributed by atoms with Gasteiger partial charge in [0.2, 0.25) is 28.5 Å². The van der Waals surface area contributed by atoms with Gasteiger partial charge in [-0.05, 0) is 239 Å². The molecule has 15 aromatic carbocycles. The minimum atomic E-state index is 0.630. The van der Waals surface area contributed by atoms with Gasteiger partial charge >= 0.3 is 0 Å². The van der Waals surface area contributed by atoms with Gasteiger partial charge in [0.15, 0.2) is 31.0 Å². The Morgan fingerprint density at radius 3 is 0.934 bits per heavy atom. The van der Waals surface area contributed by atoms with Gasteiger partial charge < -0.3 is 22.1 Å². The number of fused-ring (bicyclic) bond motifs is 25. The maximum atomic E-state index is 6.62. The molecule has 10 aromatic heterocycles. The van der Waals surface area contributed by atoms with E-state index in [1.807, 2.05) is 0 Å². The molecular formula is C127H114N5O5+5. The number of rotatable bonds is 7. The van der Waals surface area contributed by atoms with Crippen LogP contribution in [0.3, 0.4) is 0 Å². The predicted molar refractivity (Wildman–Crippen MR) is 569 cm³/mol. The average Bonchev–Trinajstić information content (AvgIpc) is 1.60. The molecule has 0 aliphatic heterocycles. The molecule has 0 radical (unpaired) electrons. The van der Waals surface area contributed by atoms with Crippen LogP contribution in [0.1, 0.15) is 91.7 Å². The maximum Gasteiger partial charge on any atom is 0.216 e. The fourth-order valence-corrected chi connectivity index (χ4v) is 21.7. The molecule has 137 heavy (non-hydrogen) atoms. The van der Waals surface area contributed by atoms with E-state index in [-0.39, 0.29) is 0 Å². The Bertz CT molecular complexity index is 9280. The fourth-order valence-electron chi connectivity index (χ4n) is 21.7. The van der Waals surface area contributed by atoms with Gasteiger partial charge in [0.25, 0.3) is 0 Å². The van der Waals surface area contributed by atoms with Crippen molar-refractivity contribution in [1.82, 2.24) is 0 Å². The van der Waals surface area contributed by atoms with E-state index in [4.69, 9.17) is 22.1 Å². The van der Waals surface area contributed by atoms with Crippen molar-refractivity contribution in [3.63, 3.8) is 0 Å². The van der Waals surface area contributed by atoms with E-state index in [1.54, 1.807) is 0 Å². The summed E-state index contributed by atoms with van der Waals surface area (Å²) in [5.74, 6) is 0.630. The molecule has 0 bridgehead atoms. The first-order chi connectivity index (χ1) is 66.2. The Morgan fingerprint density at radius 2 is 0.526 bits per heavy atom. The monoisotopic (exact) mass is 1790 g/mol. The van der Waals surface area contributed by atoms with Crippen molar-refractivity contribution < 1.29 is 44.9 Å². The lowest BCUT2D eigenvalue weighted by molar-refractivity contribution is -0.660. The summed E-state index contributed by atoms with van der Waals surface area (Å²) in [6.45, 7) is 32.7. The Kier molecular flexibility index (Phi) is 22.5. The maximum absolute atomic E-state index is 6.62. The third-order valence-electron chi connectivity index (χ3n) is 28.4. The highest BCUT2D eigenvalue weighted by atomic mass is 16.3. The number of hydrogen-bond donors (Lipinski definition) is 0. The van der Waals surface area contributed by atoms with Gasteiger partial charge in [0, 0.05) is 140 Å². The second kappa shape index (κ2) is 35.0. The van der Waals surface area contributed by atoms with Crippen LogP contribution in [0.5, 0.6) is 0 Å². The molecule has 0 atom stereocenters. The summed E-state index contributed by atoms with van der Waals surface area (Å²) in [6, 6.07) is 99.5. The first-order valence-corrected chi connectivity index (χ1v) is 47.8. The second-order valence-electron chi connectivity index (χ2n) is 38.7. The normalized spacial score (nSPS) is 11.7. The van der Waals surface area contributed by atoms with Crippen molar-refractivity contribution in [2.75, 3.05) is 0 Å². The van der Waals surface area contributed by atoms with Crippen LogP contribution in [0.15, 0.2) is 332 Å². The van der Waals surface area contributed by atoms with Crippen molar-refractivity contribution in [1.29, 1.82) is 0 Å². The third kappa shape index (κ3) is 15.4. The van der Waals surface area contributed by atoms with Crippen molar-refractivity contribution >= 4 is 164 Å². The van der Waals surface area contributed by atoms with E-state index < -0.39 is 0 Å². The largest absolute Gasteiger partial charge is 0.454 e. The zero-order chi connectivity index (χ0) is 94.9.